The van der Waals surface area contributed by atoms with E-state index in [4.69, 9.17) is 11.6 Å². The molecular formula is C12H18ClN3O2S. The molecule has 1 saturated heterocycles. The van der Waals surface area contributed by atoms with E-state index in [0.29, 0.717) is 5.15 Å². The van der Waals surface area contributed by atoms with Crippen LogP contribution in [0.4, 0.5) is 0 Å². The molecule has 0 spiro atoms. The maximum absolute atomic E-state index is 11.4. The number of hydrogen-bond donors (Lipinski definition) is 2. The summed E-state index contributed by atoms with van der Waals surface area (Å²) in [6.45, 7) is 0.910. The minimum Gasteiger partial charge on any atom is -0.312 e. The van der Waals surface area contributed by atoms with Gasteiger partial charge in [-0.2, -0.15) is 0 Å². The summed E-state index contributed by atoms with van der Waals surface area (Å²) in [5, 5.41) is 3.83. The van der Waals surface area contributed by atoms with Gasteiger partial charge < -0.3 is 5.32 Å². The number of sulfonamides is 1. The van der Waals surface area contributed by atoms with Gasteiger partial charge in [-0.25, -0.2) is 18.1 Å². The second-order valence-corrected chi connectivity index (χ2v) is 7.06. The smallest absolute Gasteiger partial charge is 0.209 e. The minimum absolute atomic E-state index is 0.0700. The van der Waals surface area contributed by atoms with Crippen LogP contribution in [0.2, 0.25) is 5.15 Å². The van der Waals surface area contributed by atoms with Crippen molar-refractivity contribution in [2.24, 2.45) is 0 Å². The quantitative estimate of drug-likeness (QED) is 0.812. The Morgan fingerprint density at radius 2 is 2.32 bits per heavy atom. The predicted molar refractivity (Wildman–Crippen MR) is 75.7 cm³/mol. The van der Waals surface area contributed by atoms with E-state index in [1.165, 1.54) is 6.26 Å². The molecular weight excluding hydrogens is 286 g/mol. The average Bonchev–Trinajstić information content (AvgIpc) is 2.33. The zero-order chi connectivity index (χ0) is 13.9. The summed E-state index contributed by atoms with van der Waals surface area (Å²) in [4.78, 5) is 4.04. The first-order valence-electron chi connectivity index (χ1n) is 6.25. The Balaban J connectivity index is 2.05. The molecule has 7 heteroatoms. The maximum Gasteiger partial charge on any atom is 0.209 e. The largest absolute Gasteiger partial charge is 0.312 e. The Hall–Kier alpha value is -0.690. The van der Waals surface area contributed by atoms with Crippen molar-refractivity contribution in [3.8, 4) is 0 Å². The molecule has 1 fully saturated rings. The number of nitrogens with zero attached hydrogens (tertiary/aromatic N) is 1. The number of hydrogen-bond acceptors (Lipinski definition) is 4. The average molecular weight is 304 g/mol. The van der Waals surface area contributed by atoms with Crippen LogP contribution in [0.25, 0.3) is 0 Å². The molecule has 2 N–H and O–H groups in total. The maximum atomic E-state index is 11.4. The van der Waals surface area contributed by atoms with Gasteiger partial charge in [0.15, 0.2) is 0 Å². The molecule has 106 valence electrons. The topological polar surface area (TPSA) is 71.1 Å². The van der Waals surface area contributed by atoms with Gasteiger partial charge >= 0.3 is 0 Å². The van der Waals surface area contributed by atoms with Crippen molar-refractivity contribution in [1.82, 2.24) is 15.0 Å². The van der Waals surface area contributed by atoms with Gasteiger partial charge in [0.25, 0.3) is 0 Å². The number of aromatic nitrogens is 1. The molecule has 0 radical (unpaired) electrons. The Morgan fingerprint density at radius 1 is 1.53 bits per heavy atom. The van der Waals surface area contributed by atoms with Crippen molar-refractivity contribution >= 4 is 21.6 Å². The van der Waals surface area contributed by atoms with E-state index < -0.39 is 10.0 Å². The van der Waals surface area contributed by atoms with E-state index in [0.717, 1.165) is 31.4 Å². The van der Waals surface area contributed by atoms with Crippen LogP contribution in [0.15, 0.2) is 18.3 Å². The van der Waals surface area contributed by atoms with Gasteiger partial charge in [-0.3, -0.25) is 0 Å². The lowest BCUT2D eigenvalue weighted by Crippen LogP contribution is -2.54. The Kier molecular flexibility index (Phi) is 4.78. The zero-order valence-corrected chi connectivity index (χ0v) is 12.3. The second-order valence-electron chi connectivity index (χ2n) is 4.89. The van der Waals surface area contributed by atoms with Crippen LogP contribution in [0, 0.1) is 0 Å². The van der Waals surface area contributed by atoms with Crippen molar-refractivity contribution in [3.05, 3.63) is 29.0 Å². The number of pyridine rings is 1. The van der Waals surface area contributed by atoms with Gasteiger partial charge in [0.05, 0.1) is 6.26 Å². The van der Waals surface area contributed by atoms with Crippen molar-refractivity contribution in [2.75, 3.05) is 12.8 Å². The Labute approximate surface area is 118 Å². The van der Waals surface area contributed by atoms with Crippen LogP contribution in [0.5, 0.6) is 0 Å². The molecule has 2 atom stereocenters. The molecule has 2 rings (SSSR count). The highest BCUT2D eigenvalue weighted by Crippen LogP contribution is 2.15. The molecule has 0 amide bonds. The molecule has 0 unspecified atom stereocenters. The molecule has 0 aromatic carbocycles. The van der Waals surface area contributed by atoms with E-state index >= 15 is 0 Å². The summed E-state index contributed by atoms with van der Waals surface area (Å²) in [5.41, 5.74) is 1.05. The van der Waals surface area contributed by atoms with Gasteiger partial charge in [0.1, 0.15) is 5.15 Å². The first-order chi connectivity index (χ1) is 8.94. The van der Waals surface area contributed by atoms with Crippen LogP contribution >= 0.6 is 11.6 Å². The number of halogens is 1. The fourth-order valence-electron chi connectivity index (χ4n) is 2.36. The summed E-state index contributed by atoms with van der Waals surface area (Å²) < 4.78 is 25.4. The SMILES string of the molecule is CS(=O)(=O)N[C@H]1CCCN[C@H]1Cc1ccc(Cl)nc1. The highest BCUT2D eigenvalue weighted by molar-refractivity contribution is 7.88. The molecule has 0 bridgehead atoms. The van der Waals surface area contributed by atoms with E-state index in [-0.39, 0.29) is 12.1 Å². The van der Waals surface area contributed by atoms with Gasteiger partial charge in [-0.05, 0) is 37.4 Å². The van der Waals surface area contributed by atoms with Gasteiger partial charge in [-0.15, -0.1) is 0 Å². The molecule has 1 aromatic rings. The summed E-state index contributed by atoms with van der Waals surface area (Å²) in [6.07, 6.45) is 5.49. The highest BCUT2D eigenvalue weighted by atomic mass is 35.5. The normalized spacial score (nSPS) is 24.3. The molecule has 0 saturated carbocycles. The fourth-order valence-corrected chi connectivity index (χ4v) is 3.31. The lowest BCUT2D eigenvalue weighted by atomic mass is 9.94. The van der Waals surface area contributed by atoms with Crippen LogP contribution in [0.3, 0.4) is 0 Å². The van der Waals surface area contributed by atoms with Crippen LogP contribution in [0.1, 0.15) is 18.4 Å². The third-order valence-electron chi connectivity index (χ3n) is 3.19. The molecule has 1 aliphatic heterocycles. The monoisotopic (exact) mass is 303 g/mol. The van der Waals surface area contributed by atoms with Crippen LogP contribution in [-0.2, 0) is 16.4 Å². The molecule has 0 aliphatic carbocycles. The molecule has 5 nitrogen and oxygen atoms in total. The highest BCUT2D eigenvalue weighted by Gasteiger charge is 2.27. The van der Waals surface area contributed by atoms with Crippen LogP contribution < -0.4 is 10.0 Å². The summed E-state index contributed by atoms with van der Waals surface area (Å²) in [5.74, 6) is 0. The van der Waals surface area contributed by atoms with Crippen LogP contribution in [-0.4, -0.2) is 38.3 Å². The summed E-state index contributed by atoms with van der Waals surface area (Å²) in [7, 11) is -3.18. The lowest BCUT2D eigenvalue weighted by Gasteiger charge is -2.32. The number of rotatable bonds is 4. The molecule has 1 aromatic heterocycles. The van der Waals surface area contributed by atoms with Gasteiger partial charge in [0, 0.05) is 18.3 Å². The summed E-state index contributed by atoms with van der Waals surface area (Å²) in [6, 6.07) is 3.69. The second kappa shape index (κ2) is 6.17. The van der Waals surface area contributed by atoms with Crippen molar-refractivity contribution < 1.29 is 8.42 Å². The Morgan fingerprint density at radius 3 is 2.95 bits per heavy atom. The lowest BCUT2D eigenvalue weighted by molar-refractivity contribution is 0.329. The van der Waals surface area contributed by atoms with E-state index in [9.17, 15) is 8.42 Å². The van der Waals surface area contributed by atoms with Gasteiger partial charge in [-0.1, -0.05) is 17.7 Å². The van der Waals surface area contributed by atoms with Crippen molar-refractivity contribution in [1.29, 1.82) is 0 Å². The molecule has 19 heavy (non-hydrogen) atoms. The van der Waals surface area contributed by atoms with E-state index in [2.05, 4.69) is 15.0 Å². The number of piperidine rings is 1. The molecule has 1 aliphatic rings. The zero-order valence-electron chi connectivity index (χ0n) is 10.8. The first kappa shape index (κ1) is 14.7. The van der Waals surface area contributed by atoms with Gasteiger partial charge in [0.2, 0.25) is 10.0 Å². The van der Waals surface area contributed by atoms with Crippen molar-refractivity contribution in [3.63, 3.8) is 0 Å². The third-order valence-corrected chi connectivity index (χ3v) is 4.15. The predicted octanol–water partition coefficient (Wildman–Crippen LogP) is 0.947. The first-order valence-corrected chi connectivity index (χ1v) is 8.52. The molecule has 2 heterocycles. The summed E-state index contributed by atoms with van der Waals surface area (Å²) >= 11 is 5.75. The fraction of sp³-hybridized carbons (Fsp3) is 0.583. The van der Waals surface area contributed by atoms with Crippen molar-refractivity contribution in [2.45, 2.75) is 31.3 Å². The number of nitrogens with one attached hydrogen (secondary N) is 2. The third kappa shape index (κ3) is 4.72. The standard InChI is InChI=1S/C12H18ClN3O2S/c1-19(17,18)16-10-3-2-6-14-11(10)7-9-4-5-12(13)15-8-9/h4-5,8,10-11,14,16H,2-3,6-7H2,1H3/t10-,11-/m0/s1. The van der Waals surface area contributed by atoms with E-state index in [1.807, 2.05) is 6.07 Å². The Bertz CT molecular complexity index is 518. The van der Waals surface area contributed by atoms with E-state index in [1.54, 1.807) is 12.3 Å². The minimum atomic E-state index is -3.18.